The van der Waals surface area contributed by atoms with Crippen molar-refractivity contribution in [2.24, 2.45) is 0 Å². The maximum Gasteiger partial charge on any atom is 0.509 e. The molecule has 24 heavy (non-hydrogen) atoms. The molecule has 13 heteroatoms. The van der Waals surface area contributed by atoms with Crippen LogP contribution in [0, 0.1) is 0 Å². The summed E-state index contributed by atoms with van der Waals surface area (Å²) >= 11 is 0. The molecule has 0 aromatic carbocycles. The first-order valence-corrected chi connectivity index (χ1v) is 6.30. The second-order valence-electron chi connectivity index (χ2n) is 4.48. The van der Waals surface area contributed by atoms with Gasteiger partial charge in [0.2, 0.25) is 25.1 Å². The van der Waals surface area contributed by atoms with Crippen molar-refractivity contribution >= 4 is 6.16 Å². The minimum atomic E-state index is -5.31. The van der Waals surface area contributed by atoms with Gasteiger partial charge in [-0.1, -0.05) is 0 Å². The Labute approximate surface area is 128 Å². The van der Waals surface area contributed by atoms with Crippen molar-refractivity contribution in [3.63, 3.8) is 0 Å². The molecule has 2 unspecified atom stereocenters. The zero-order valence-electron chi connectivity index (χ0n) is 11.6. The van der Waals surface area contributed by atoms with Gasteiger partial charge in [-0.3, -0.25) is 0 Å². The Morgan fingerprint density at radius 3 is 1.17 bits per heavy atom. The van der Waals surface area contributed by atoms with Crippen LogP contribution in [-0.4, -0.2) is 43.6 Å². The van der Waals surface area contributed by atoms with Gasteiger partial charge in [-0.05, 0) is 12.8 Å². The molecule has 0 aliphatic heterocycles. The summed E-state index contributed by atoms with van der Waals surface area (Å²) in [4.78, 5) is 11.0. The fourth-order valence-corrected chi connectivity index (χ4v) is 1.39. The van der Waals surface area contributed by atoms with Crippen LogP contribution in [0.5, 0.6) is 0 Å². The van der Waals surface area contributed by atoms with E-state index >= 15 is 0 Å². The summed E-state index contributed by atoms with van der Waals surface area (Å²) in [7, 11) is 0. The molecule has 3 nitrogen and oxygen atoms in total. The first-order valence-electron chi connectivity index (χ1n) is 6.30. The average Bonchev–Trinajstić information content (AvgIpc) is 2.36. The molecule has 0 fully saturated rings. The first-order chi connectivity index (χ1) is 10.7. The highest BCUT2D eigenvalue weighted by Crippen LogP contribution is 2.30. The zero-order chi connectivity index (χ0) is 19.1. The van der Waals surface area contributed by atoms with Gasteiger partial charge >= 0.3 is 18.5 Å². The van der Waals surface area contributed by atoms with Crippen LogP contribution in [0.15, 0.2) is 0 Å². The molecule has 0 rings (SSSR count). The Morgan fingerprint density at radius 1 is 0.667 bits per heavy atom. The van der Waals surface area contributed by atoms with E-state index in [-0.39, 0.29) is 0 Å². The van der Waals surface area contributed by atoms with Crippen LogP contribution in [0.1, 0.15) is 25.7 Å². The van der Waals surface area contributed by atoms with Crippen LogP contribution in [0.4, 0.5) is 48.7 Å². The van der Waals surface area contributed by atoms with Crippen LogP contribution in [0.2, 0.25) is 0 Å². The molecule has 0 N–H and O–H groups in total. The number of rotatable bonds is 8. The molecular formula is C11H12F10O3. The van der Waals surface area contributed by atoms with Crippen LogP contribution < -0.4 is 0 Å². The third kappa shape index (κ3) is 9.65. The van der Waals surface area contributed by atoms with Gasteiger partial charge in [-0.15, -0.1) is 0 Å². The molecule has 0 heterocycles. The fourth-order valence-electron chi connectivity index (χ4n) is 1.39. The Bertz CT molecular complexity index is 345. The van der Waals surface area contributed by atoms with Gasteiger partial charge in [0.25, 0.3) is 0 Å². The largest absolute Gasteiger partial charge is 0.509 e. The van der Waals surface area contributed by atoms with Crippen molar-refractivity contribution in [1.29, 1.82) is 0 Å². The smallest absolute Gasteiger partial charge is 0.421 e. The van der Waals surface area contributed by atoms with Gasteiger partial charge in [0, 0.05) is 12.8 Å². The Kier molecular flexibility index (Phi) is 8.61. The Balaban J connectivity index is 4.82. The van der Waals surface area contributed by atoms with Crippen molar-refractivity contribution in [1.82, 2.24) is 0 Å². The number of alkyl halides is 10. The third-order valence-electron chi connectivity index (χ3n) is 2.50. The maximum atomic E-state index is 12.5. The summed E-state index contributed by atoms with van der Waals surface area (Å²) in [5, 5.41) is 0. The highest BCUT2D eigenvalue weighted by Gasteiger charge is 2.46. The van der Waals surface area contributed by atoms with Crippen LogP contribution in [0.3, 0.4) is 0 Å². The van der Waals surface area contributed by atoms with Gasteiger partial charge in [-0.25, -0.2) is 22.4 Å². The van der Waals surface area contributed by atoms with Crippen molar-refractivity contribution in [3.05, 3.63) is 0 Å². The summed E-state index contributed by atoms with van der Waals surface area (Å²) < 4.78 is 130. The molecule has 0 spiro atoms. The number of carbonyl (C=O) groups excluding carboxylic acids is 1. The number of hydrogen-bond acceptors (Lipinski definition) is 3. The molecule has 0 aliphatic carbocycles. The van der Waals surface area contributed by atoms with E-state index < -0.39 is 69.3 Å². The monoisotopic (exact) mass is 382 g/mol. The second-order valence-corrected chi connectivity index (χ2v) is 4.48. The van der Waals surface area contributed by atoms with Gasteiger partial charge in [-0.2, -0.15) is 26.3 Å². The molecule has 0 saturated carbocycles. The summed E-state index contributed by atoms with van der Waals surface area (Å²) in [6.07, 6.45) is -31.1. The number of carbonyl (C=O) groups is 1. The zero-order valence-corrected chi connectivity index (χ0v) is 11.6. The molecular weight excluding hydrogens is 370 g/mol. The van der Waals surface area contributed by atoms with Crippen molar-refractivity contribution in [3.8, 4) is 0 Å². The lowest BCUT2D eigenvalue weighted by Gasteiger charge is -2.23. The maximum absolute atomic E-state index is 12.5. The van der Waals surface area contributed by atoms with E-state index in [4.69, 9.17) is 0 Å². The van der Waals surface area contributed by atoms with E-state index in [0.717, 1.165) is 0 Å². The van der Waals surface area contributed by atoms with E-state index in [0.29, 0.717) is 0 Å². The molecule has 0 radical (unpaired) electrons. The minimum absolute atomic E-state index is 1.33. The lowest BCUT2D eigenvalue weighted by atomic mass is 10.2. The molecule has 0 aromatic rings. The van der Waals surface area contributed by atoms with E-state index in [1.807, 2.05) is 0 Å². The SMILES string of the molecule is O=C(OC(CCC(F)F)C(F)(F)F)OC(CCC(F)F)C(F)(F)F. The summed E-state index contributed by atoms with van der Waals surface area (Å²) in [5.74, 6) is 0. The second kappa shape index (κ2) is 9.16. The van der Waals surface area contributed by atoms with Crippen LogP contribution in [0.25, 0.3) is 0 Å². The molecule has 0 bridgehead atoms. The number of ether oxygens (including phenoxy) is 2. The van der Waals surface area contributed by atoms with Crippen LogP contribution >= 0.6 is 0 Å². The average molecular weight is 382 g/mol. The van der Waals surface area contributed by atoms with Gasteiger partial charge < -0.3 is 9.47 Å². The van der Waals surface area contributed by atoms with Crippen molar-refractivity contribution in [2.75, 3.05) is 0 Å². The topological polar surface area (TPSA) is 35.5 Å². The normalized spacial score (nSPS) is 15.5. The van der Waals surface area contributed by atoms with Crippen LogP contribution in [-0.2, 0) is 9.47 Å². The summed E-state index contributed by atoms with van der Waals surface area (Å²) in [5.41, 5.74) is 0. The van der Waals surface area contributed by atoms with E-state index in [2.05, 4.69) is 9.47 Å². The van der Waals surface area contributed by atoms with E-state index in [9.17, 15) is 48.7 Å². The molecule has 0 saturated heterocycles. The predicted octanol–water partition coefficient (Wildman–Crippen LogP) is 5.09. The molecule has 0 aromatic heterocycles. The number of hydrogen-bond donors (Lipinski definition) is 0. The summed E-state index contributed by atoms with van der Waals surface area (Å²) in [6.45, 7) is 0. The fraction of sp³-hybridized carbons (Fsp3) is 0.909. The standard InChI is InChI=1S/C11H12F10O3/c12-7(13)3-1-5(10(16,17)18)23-9(22)24-6(11(19,20)21)2-4-8(14)15/h5-8H,1-4H2. The minimum Gasteiger partial charge on any atom is -0.421 e. The third-order valence-corrected chi connectivity index (χ3v) is 2.50. The first kappa shape index (κ1) is 22.6. The molecule has 144 valence electrons. The van der Waals surface area contributed by atoms with Crippen molar-refractivity contribution in [2.45, 2.75) is 63.1 Å². The van der Waals surface area contributed by atoms with Gasteiger partial charge in [0.15, 0.2) is 0 Å². The van der Waals surface area contributed by atoms with Crippen molar-refractivity contribution < 1.29 is 58.2 Å². The molecule has 0 aliphatic rings. The molecule has 0 amide bonds. The highest BCUT2D eigenvalue weighted by molar-refractivity contribution is 5.60. The quantitative estimate of drug-likeness (QED) is 0.433. The summed E-state index contributed by atoms with van der Waals surface area (Å²) in [6, 6.07) is 0. The lowest BCUT2D eigenvalue weighted by molar-refractivity contribution is -0.233. The van der Waals surface area contributed by atoms with E-state index in [1.165, 1.54) is 0 Å². The van der Waals surface area contributed by atoms with E-state index in [1.54, 1.807) is 0 Å². The Morgan fingerprint density at radius 2 is 0.958 bits per heavy atom. The lowest BCUT2D eigenvalue weighted by Crippen LogP contribution is -2.38. The van der Waals surface area contributed by atoms with Gasteiger partial charge in [0.1, 0.15) is 0 Å². The highest BCUT2D eigenvalue weighted by atomic mass is 19.4. The molecule has 2 atom stereocenters. The predicted molar refractivity (Wildman–Crippen MR) is 57.7 cm³/mol. The number of halogens is 10. The van der Waals surface area contributed by atoms with Gasteiger partial charge in [0.05, 0.1) is 0 Å². The Hall–Kier alpha value is -1.43.